The highest BCUT2D eigenvalue weighted by molar-refractivity contribution is 5.99. The van der Waals surface area contributed by atoms with Gasteiger partial charge in [-0.2, -0.15) is 0 Å². The van der Waals surface area contributed by atoms with Crippen molar-refractivity contribution in [3.63, 3.8) is 0 Å². The lowest BCUT2D eigenvalue weighted by Crippen LogP contribution is -2.40. The van der Waals surface area contributed by atoms with Gasteiger partial charge in [0.2, 0.25) is 0 Å². The summed E-state index contributed by atoms with van der Waals surface area (Å²) in [5.41, 5.74) is 8.61. The first kappa shape index (κ1) is 19.3. The summed E-state index contributed by atoms with van der Waals surface area (Å²) in [6, 6.07) is 11.0. The van der Waals surface area contributed by atoms with Crippen LogP contribution in [0.5, 0.6) is 0 Å². The number of morpholine rings is 1. The van der Waals surface area contributed by atoms with E-state index in [0.29, 0.717) is 12.1 Å². The van der Waals surface area contributed by atoms with E-state index in [1.807, 2.05) is 12.1 Å². The van der Waals surface area contributed by atoms with Crippen LogP contribution in [-0.4, -0.2) is 36.6 Å². The van der Waals surface area contributed by atoms with Crippen LogP contribution in [0.15, 0.2) is 36.4 Å². The number of ether oxygens (including phenoxy) is 1. The number of nitrogen functional groups attached to an aromatic ring is 1. The molecule has 2 aromatic carbocycles. The molecule has 1 aliphatic heterocycles. The lowest BCUT2D eigenvalue weighted by Gasteiger charge is -2.31. The van der Waals surface area contributed by atoms with Gasteiger partial charge in [0.05, 0.1) is 24.0 Å². The average Bonchev–Trinajstić information content (AvgIpc) is 2.63. The largest absolute Gasteiger partial charge is 0.396 e. The molecular weight excluding hydrogens is 345 g/mol. The van der Waals surface area contributed by atoms with Crippen LogP contribution in [0.3, 0.4) is 0 Å². The summed E-state index contributed by atoms with van der Waals surface area (Å²) in [6.45, 7) is 7.62. The molecule has 1 heterocycles. The summed E-state index contributed by atoms with van der Waals surface area (Å²) in [4.78, 5) is 14.8. The summed E-state index contributed by atoms with van der Waals surface area (Å²) in [5.74, 6) is -0.940. The topological polar surface area (TPSA) is 67.6 Å². The smallest absolute Gasteiger partial charge is 0.253 e. The molecule has 2 aromatic rings. The van der Waals surface area contributed by atoms with Crippen molar-refractivity contribution in [3.05, 3.63) is 64.5 Å². The van der Waals surface area contributed by atoms with E-state index in [0.717, 1.165) is 31.8 Å². The third-order valence-corrected chi connectivity index (χ3v) is 4.69. The van der Waals surface area contributed by atoms with Crippen molar-refractivity contribution in [1.82, 2.24) is 10.2 Å². The first-order chi connectivity index (χ1) is 12.9. The number of nitrogens with zero attached hydrogens (tertiary/aromatic N) is 1. The second-order valence-electron chi connectivity index (χ2n) is 7.13. The molecule has 1 unspecified atom stereocenters. The van der Waals surface area contributed by atoms with Gasteiger partial charge in [-0.3, -0.25) is 9.69 Å². The zero-order chi connectivity index (χ0) is 19.4. The number of hydrogen-bond acceptors (Lipinski definition) is 4. The molecule has 0 aromatic heterocycles. The summed E-state index contributed by atoms with van der Waals surface area (Å²) >= 11 is 0. The SMILES string of the molecule is Cc1cc(F)c(N)c(C(=O)NCc2cccc(CN3CCOC(C)C3)c2)c1. The van der Waals surface area contributed by atoms with Crippen molar-refractivity contribution in [2.75, 3.05) is 25.4 Å². The van der Waals surface area contributed by atoms with E-state index in [9.17, 15) is 9.18 Å². The number of hydrogen-bond donors (Lipinski definition) is 2. The molecule has 5 nitrogen and oxygen atoms in total. The number of rotatable bonds is 5. The molecule has 0 aliphatic carbocycles. The predicted molar refractivity (Wildman–Crippen MR) is 104 cm³/mol. The Balaban J connectivity index is 1.62. The second kappa shape index (κ2) is 8.50. The maximum absolute atomic E-state index is 13.7. The number of aryl methyl sites for hydroxylation is 1. The van der Waals surface area contributed by atoms with Gasteiger partial charge in [0.1, 0.15) is 5.82 Å². The van der Waals surface area contributed by atoms with Gasteiger partial charge in [0, 0.05) is 26.2 Å². The molecule has 1 amide bonds. The van der Waals surface area contributed by atoms with Gasteiger partial charge in [-0.25, -0.2) is 4.39 Å². The minimum absolute atomic E-state index is 0.117. The van der Waals surface area contributed by atoms with E-state index in [2.05, 4.69) is 29.3 Å². The number of benzene rings is 2. The number of nitrogens with two attached hydrogens (primary N) is 1. The highest BCUT2D eigenvalue weighted by Gasteiger charge is 2.17. The van der Waals surface area contributed by atoms with Crippen molar-refractivity contribution < 1.29 is 13.9 Å². The number of halogens is 1. The van der Waals surface area contributed by atoms with Crippen LogP contribution in [0.2, 0.25) is 0 Å². The Morgan fingerprint density at radius 3 is 2.89 bits per heavy atom. The predicted octanol–water partition coefficient (Wildman–Crippen LogP) is 2.87. The second-order valence-corrected chi connectivity index (χ2v) is 7.13. The summed E-state index contributed by atoms with van der Waals surface area (Å²) in [7, 11) is 0. The third kappa shape index (κ3) is 5.05. The van der Waals surface area contributed by atoms with Gasteiger partial charge in [-0.15, -0.1) is 0 Å². The number of carbonyl (C=O) groups excluding carboxylic acids is 1. The molecule has 1 atom stereocenters. The molecule has 1 fully saturated rings. The molecule has 1 saturated heterocycles. The molecule has 1 aliphatic rings. The Bertz CT molecular complexity index is 825. The number of nitrogens with one attached hydrogen (secondary N) is 1. The van der Waals surface area contributed by atoms with Crippen LogP contribution in [0.25, 0.3) is 0 Å². The standard InChI is InChI=1S/C21H26FN3O2/c1-14-8-18(20(23)19(22)9-14)21(26)24-11-16-4-3-5-17(10-16)13-25-6-7-27-15(2)12-25/h3-5,8-10,15H,6-7,11-13,23H2,1-2H3,(H,24,26). The first-order valence-electron chi connectivity index (χ1n) is 9.18. The van der Waals surface area contributed by atoms with Crippen LogP contribution in [-0.2, 0) is 17.8 Å². The van der Waals surface area contributed by atoms with Crippen molar-refractivity contribution >= 4 is 11.6 Å². The fourth-order valence-electron chi connectivity index (χ4n) is 3.35. The zero-order valence-electron chi connectivity index (χ0n) is 15.8. The minimum atomic E-state index is -0.568. The molecule has 6 heteroatoms. The number of carbonyl (C=O) groups is 1. The molecule has 0 bridgehead atoms. The lowest BCUT2D eigenvalue weighted by molar-refractivity contribution is -0.0212. The highest BCUT2D eigenvalue weighted by Crippen LogP contribution is 2.19. The molecule has 3 N–H and O–H groups in total. The Morgan fingerprint density at radius 2 is 2.11 bits per heavy atom. The normalized spacial score (nSPS) is 17.7. The van der Waals surface area contributed by atoms with Crippen molar-refractivity contribution in [1.29, 1.82) is 0 Å². The maximum atomic E-state index is 13.7. The van der Waals surface area contributed by atoms with Gasteiger partial charge in [-0.1, -0.05) is 24.3 Å². The Morgan fingerprint density at radius 1 is 1.33 bits per heavy atom. The van der Waals surface area contributed by atoms with E-state index >= 15 is 0 Å². The molecule has 0 saturated carbocycles. The molecule has 27 heavy (non-hydrogen) atoms. The summed E-state index contributed by atoms with van der Waals surface area (Å²) in [6.07, 6.45) is 0.251. The Hall–Kier alpha value is -2.44. The van der Waals surface area contributed by atoms with Gasteiger partial charge in [0.25, 0.3) is 5.91 Å². The molecule has 3 rings (SSSR count). The van der Waals surface area contributed by atoms with E-state index in [1.165, 1.54) is 11.6 Å². The number of anilines is 1. The Labute approximate surface area is 159 Å². The Kier molecular flexibility index (Phi) is 6.08. The zero-order valence-corrected chi connectivity index (χ0v) is 15.8. The summed E-state index contributed by atoms with van der Waals surface area (Å²) in [5, 5.41) is 2.83. The van der Waals surface area contributed by atoms with E-state index in [-0.39, 0.29) is 23.3 Å². The van der Waals surface area contributed by atoms with Gasteiger partial charge in [-0.05, 0) is 42.7 Å². The van der Waals surface area contributed by atoms with Gasteiger partial charge < -0.3 is 15.8 Å². The maximum Gasteiger partial charge on any atom is 0.253 e. The molecule has 0 spiro atoms. The monoisotopic (exact) mass is 371 g/mol. The van der Waals surface area contributed by atoms with Crippen LogP contribution in [0.4, 0.5) is 10.1 Å². The summed E-state index contributed by atoms with van der Waals surface area (Å²) < 4.78 is 19.3. The van der Waals surface area contributed by atoms with Gasteiger partial charge in [0.15, 0.2) is 0 Å². The lowest BCUT2D eigenvalue weighted by atomic mass is 10.1. The molecule has 144 valence electrons. The van der Waals surface area contributed by atoms with Crippen LogP contribution < -0.4 is 11.1 Å². The van der Waals surface area contributed by atoms with Crippen LogP contribution in [0, 0.1) is 12.7 Å². The third-order valence-electron chi connectivity index (χ3n) is 4.69. The van der Waals surface area contributed by atoms with Crippen molar-refractivity contribution in [3.8, 4) is 0 Å². The molecular formula is C21H26FN3O2. The van der Waals surface area contributed by atoms with Gasteiger partial charge >= 0.3 is 0 Å². The van der Waals surface area contributed by atoms with E-state index in [4.69, 9.17) is 10.5 Å². The van der Waals surface area contributed by atoms with Crippen molar-refractivity contribution in [2.45, 2.75) is 33.0 Å². The fourth-order valence-corrected chi connectivity index (χ4v) is 3.35. The average molecular weight is 371 g/mol. The minimum Gasteiger partial charge on any atom is -0.396 e. The molecule has 0 radical (unpaired) electrons. The van der Waals surface area contributed by atoms with E-state index < -0.39 is 5.82 Å². The van der Waals surface area contributed by atoms with Crippen molar-refractivity contribution in [2.24, 2.45) is 0 Å². The number of amides is 1. The first-order valence-corrected chi connectivity index (χ1v) is 9.18. The fraction of sp³-hybridized carbons (Fsp3) is 0.381. The van der Waals surface area contributed by atoms with Crippen LogP contribution >= 0.6 is 0 Å². The highest BCUT2D eigenvalue weighted by atomic mass is 19.1. The van der Waals surface area contributed by atoms with E-state index in [1.54, 1.807) is 13.0 Å². The van der Waals surface area contributed by atoms with Crippen LogP contribution in [0.1, 0.15) is 34.0 Å². The quantitative estimate of drug-likeness (QED) is 0.793.